The molecule has 0 amide bonds. The number of nitrogens with one attached hydrogen (secondary N) is 1. The van der Waals surface area contributed by atoms with Crippen LogP contribution in [-0.4, -0.2) is 19.1 Å². The monoisotopic (exact) mass is 454 g/mol. The molecule has 0 radical (unpaired) electrons. The second-order valence-corrected chi connectivity index (χ2v) is 8.32. The number of hydrogen-bond acceptors (Lipinski definition) is 4. The molecule has 1 heterocycles. The number of anilines is 2. The van der Waals surface area contributed by atoms with Gasteiger partial charge in [0.1, 0.15) is 5.82 Å². The molecule has 6 heteroatoms. The molecule has 3 aromatic carbocycles. The maximum atomic E-state index is 14.3. The van der Waals surface area contributed by atoms with Crippen molar-refractivity contribution in [3.8, 4) is 0 Å². The Morgan fingerprint density at radius 3 is 2.58 bits per heavy atom. The molecule has 0 saturated heterocycles. The number of aliphatic carboxylic acids is 1. The van der Waals surface area contributed by atoms with Crippen molar-refractivity contribution < 1.29 is 43.8 Å². The number of nitrogens with zero attached hydrogens (tertiary/aromatic N) is 1. The van der Waals surface area contributed by atoms with Gasteiger partial charge in [0.05, 0.1) is 0 Å². The van der Waals surface area contributed by atoms with E-state index in [9.17, 15) is 14.3 Å². The Morgan fingerprint density at radius 2 is 1.82 bits per heavy atom. The normalized spacial score (nSPS) is 12.6. The van der Waals surface area contributed by atoms with E-state index in [0.717, 1.165) is 31.5 Å². The first-order chi connectivity index (χ1) is 15.6. The predicted molar refractivity (Wildman–Crippen MR) is 124 cm³/mol. The van der Waals surface area contributed by atoms with Crippen molar-refractivity contribution >= 4 is 17.3 Å². The molecule has 4 nitrogen and oxygen atoms in total. The van der Waals surface area contributed by atoms with Crippen LogP contribution in [0.5, 0.6) is 0 Å². The summed E-state index contributed by atoms with van der Waals surface area (Å²) in [4.78, 5) is 13.1. The molecule has 1 N–H and O–H groups in total. The van der Waals surface area contributed by atoms with E-state index in [4.69, 9.17) is 0 Å². The molecule has 0 fully saturated rings. The second-order valence-electron chi connectivity index (χ2n) is 8.32. The summed E-state index contributed by atoms with van der Waals surface area (Å²) < 4.78 is 14.3. The van der Waals surface area contributed by atoms with Crippen LogP contribution < -0.4 is 44.9 Å². The molecule has 0 atom stereocenters. The van der Waals surface area contributed by atoms with E-state index < -0.39 is 11.8 Å². The van der Waals surface area contributed by atoms with Gasteiger partial charge < -0.3 is 20.1 Å². The average Bonchev–Trinajstić information content (AvgIpc) is 2.81. The van der Waals surface area contributed by atoms with Gasteiger partial charge in [-0.25, -0.2) is 4.39 Å². The van der Waals surface area contributed by atoms with Crippen LogP contribution in [-0.2, 0) is 30.6 Å². The third-order valence-electron chi connectivity index (χ3n) is 6.03. The summed E-state index contributed by atoms with van der Waals surface area (Å²) in [6, 6.07) is 22.0. The number of carboxylic acids is 1. The van der Waals surface area contributed by atoms with E-state index in [2.05, 4.69) is 52.7 Å². The number of aryl methyl sites for hydroxylation is 2. The Bertz CT molecular complexity index is 1070. The average molecular weight is 455 g/mol. The number of carboxylic acid groups (broad SMARTS) is 1. The standard InChI is InChI=1S/C27H29FN2O2.Na/c28-25-18-24(12-10-22(25)11-13-27(31)32)29-19-21-8-9-23-7-4-15-30(26(23)17-21)16-14-20-5-2-1-3-6-20;/h1-3,5-6,8-10,12,17-18,29H,4,7,11,13-16,19H2,(H,31,32);/q;+1/p-1. The third-order valence-corrected chi connectivity index (χ3v) is 6.03. The summed E-state index contributed by atoms with van der Waals surface area (Å²) in [6.07, 6.45) is 3.25. The van der Waals surface area contributed by atoms with E-state index in [1.54, 1.807) is 12.1 Å². The largest absolute Gasteiger partial charge is 1.00 e. The van der Waals surface area contributed by atoms with Crippen LogP contribution in [0.25, 0.3) is 0 Å². The Kier molecular flexibility index (Phi) is 9.36. The van der Waals surface area contributed by atoms with Gasteiger partial charge in [0.15, 0.2) is 0 Å². The van der Waals surface area contributed by atoms with Crippen LogP contribution in [0.2, 0.25) is 0 Å². The van der Waals surface area contributed by atoms with Crippen LogP contribution in [0.15, 0.2) is 66.7 Å². The molecule has 0 unspecified atom stereocenters. The van der Waals surface area contributed by atoms with Gasteiger partial charge in [0, 0.05) is 37.0 Å². The van der Waals surface area contributed by atoms with Crippen LogP contribution in [0.1, 0.15) is 35.1 Å². The van der Waals surface area contributed by atoms with Crippen LogP contribution in [0.4, 0.5) is 15.8 Å². The molecular weight excluding hydrogens is 426 g/mol. The minimum Gasteiger partial charge on any atom is -0.550 e. The molecule has 1 aliphatic rings. The van der Waals surface area contributed by atoms with E-state index in [1.165, 1.54) is 29.3 Å². The Hall–Kier alpha value is -2.34. The van der Waals surface area contributed by atoms with Gasteiger partial charge in [0.25, 0.3) is 0 Å². The van der Waals surface area contributed by atoms with Gasteiger partial charge in [-0.1, -0.05) is 48.5 Å². The Balaban J connectivity index is 0.00000306. The number of carbonyl (C=O) groups excluding carboxylic acids is 1. The zero-order valence-corrected chi connectivity index (χ0v) is 21.1. The Morgan fingerprint density at radius 1 is 1.00 bits per heavy atom. The molecular formula is C27H28FN2NaO2. The maximum absolute atomic E-state index is 14.3. The van der Waals surface area contributed by atoms with E-state index in [1.807, 2.05) is 6.07 Å². The molecule has 166 valence electrons. The van der Waals surface area contributed by atoms with E-state index >= 15 is 0 Å². The quantitative estimate of drug-likeness (QED) is 0.493. The second kappa shape index (κ2) is 12.2. The molecule has 0 aliphatic carbocycles. The summed E-state index contributed by atoms with van der Waals surface area (Å²) in [7, 11) is 0. The number of benzene rings is 3. The first-order valence-corrected chi connectivity index (χ1v) is 11.2. The van der Waals surface area contributed by atoms with Gasteiger partial charge in [-0.3, -0.25) is 0 Å². The van der Waals surface area contributed by atoms with E-state index in [-0.39, 0.29) is 42.4 Å². The van der Waals surface area contributed by atoms with Crippen molar-refractivity contribution in [2.45, 2.75) is 38.6 Å². The third kappa shape index (κ3) is 7.07. The number of carbonyl (C=O) groups is 1. The topological polar surface area (TPSA) is 55.4 Å². The number of fused-ring (bicyclic) bond motifs is 1. The summed E-state index contributed by atoms with van der Waals surface area (Å²) in [6.45, 7) is 2.65. The fourth-order valence-corrected chi connectivity index (χ4v) is 4.25. The SMILES string of the molecule is O=C([O-])CCc1ccc(NCc2ccc3c(c2)N(CCc2ccccc2)CCC3)cc1F.[Na+]. The van der Waals surface area contributed by atoms with Gasteiger partial charge >= 0.3 is 29.6 Å². The summed E-state index contributed by atoms with van der Waals surface area (Å²) >= 11 is 0. The number of hydrogen-bond donors (Lipinski definition) is 1. The van der Waals surface area contributed by atoms with Gasteiger partial charge in [0.2, 0.25) is 0 Å². The predicted octanol–water partition coefficient (Wildman–Crippen LogP) is 1.12. The van der Waals surface area contributed by atoms with Gasteiger partial charge in [-0.15, -0.1) is 0 Å². The molecule has 0 aromatic heterocycles. The molecule has 1 aliphatic heterocycles. The number of rotatable bonds is 9. The van der Waals surface area contributed by atoms with Crippen LogP contribution in [0, 0.1) is 5.82 Å². The molecule has 0 saturated carbocycles. The molecule has 3 aromatic rings. The van der Waals surface area contributed by atoms with Crippen molar-refractivity contribution in [2.24, 2.45) is 0 Å². The van der Waals surface area contributed by atoms with Gasteiger partial charge in [-0.05, 0) is 72.6 Å². The minimum absolute atomic E-state index is 0. The summed E-state index contributed by atoms with van der Waals surface area (Å²) in [5.41, 5.74) is 6.26. The smallest absolute Gasteiger partial charge is 0.550 e. The molecule has 0 spiro atoms. The zero-order chi connectivity index (χ0) is 22.3. The summed E-state index contributed by atoms with van der Waals surface area (Å²) in [5, 5.41) is 13.9. The number of halogens is 1. The first kappa shape index (κ1) is 25.3. The first-order valence-electron chi connectivity index (χ1n) is 11.2. The van der Waals surface area contributed by atoms with Crippen molar-refractivity contribution in [3.05, 3.63) is 94.8 Å². The van der Waals surface area contributed by atoms with Gasteiger partial charge in [-0.2, -0.15) is 0 Å². The maximum Gasteiger partial charge on any atom is 1.00 e. The van der Waals surface area contributed by atoms with E-state index in [0.29, 0.717) is 17.8 Å². The Labute approximate surface area is 217 Å². The van der Waals surface area contributed by atoms with Crippen LogP contribution in [0.3, 0.4) is 0 Å². The van der Waals surface area contributed by atoms with Crippen molar-refractivity contribution in [3.63, 3.8) is 0 Å². The summed E-state index contributed by atoms with van der Waals surface area (Å²) in [5.74, 6) is -1.56. The molecule has 33 heavy (non-hydrogen) atoms. The molecule has 4 rings (SSSR count). The fraction of sp³-hybridized carbons (Fsp3) is 0.296. The molecule has 0 bridgehead atoms. The van der Waals surface area contributed by atoms with Crippen molar-refractivity contribution in [1.82, 2.24) is 0 Å². The minimum atomic E-state index is -1.17. The fourth-order valence-electron chi connectivity index (χ4n) is 4.25. The zero-order valence-electron chi connectivity index (χ0n) is 19.1. The van der Waals surface area contributed by atoms with Crippen LogP contribution >= 0.6 is 0 Å². The van der Waals surface area contributed by atoms with Crippen molar-refractivity contribution in [2.75, 3.05) is 23.3 Å². The van der Waals surface area contributed by atoms with Crippen molar-refractivity contribution in [1.29, 1.82) is 0 Å².